The summed E-state index contributed by atoms with van der Waals surface area (Å²) in [6, 6.07) is 0. The molecule has 4 nitrogen and oxygen atoms in total. The normalized spacial score (nSPS) is 10.5. The molecule has 0 spiro atoms. The molecule has 0 bridgehead atoms. The number of hydrogen-bond acceptors (Lipinski definition) is 5. The lowest BCUT2D eigenvalue weighted by Gasteiger charge is -2.22. The quantitative estimate of drug-likeness (QED) is 0.760. The monoisotopic (exact) mass is 301 g/mol. The highest BCUT2D eigenvalue weighted by Crippen LogP contribution is 2.43. The topological polar surface area (TPSA) is 58.4 Å². The van der Waals surface area contributed by atoms with Crippen molar-refractivity contribution in [3.8, 4) is 0 Å². The van der Waals surface area contributed by atoms with Gasteiger partial charge in [0.25, 0.3) is 5.91 Å². The molecular weight excluding hydrogens is 278 g/mol. The molecule has 0 unspecified atom stereocenters. The van der Waals surface area contributed by atoms with Crippen LogP contribution in [0, 0.1) is 0 Å². The van der Waals surface area contributed by atoms with Gasteiger partial charge in [0, 0.05) is 20.1 Å². The van der Waals surface area contributed by atoms with Crippen LogP contribution in [0.3, 0.4) is 0 Å². The zero-order valence-corrected chi connectivity index (χ0v) is 13.7. The summed E-state index contributed by atoms with van der Waals surface area (Å²) >= 11 is 3.11. The summed E-state index contributed by atoms with van der Waals surface area (Å²) in [5.41, 5.74) is 6.73. The molecule has 0 radical (unpaired) electrons. The van der Waals surface area contributed by atoms with Gasteiger partial charge in [-0.2, -0.15) is 0 Å². The van der Waals surface area contributed by atoms with Crippen LogP contribution >= 0.6 is 23.1 Å². The molecule has 1 amide bonds. The van der Waals surface area contributed by atoms with Crippen molar-refractivity contribution >= 4 is 39.7 Å². The fourth-order valence-corrected chi connectivity index (χ4v) is 4.07. The number of thioether (sulfide) groups is 1. The van der Waals surface area contributed by atoms with Crippen LogP contribution in [0.2, 0.25) is 0 Å². The van der Waals surface area contributed by atoms with E-state index in [4.69, 9.17) is 5.73 Å². The maximum absolute atomic E-state index is 11.8. The number of nitrogen functional groups attached to an aromatic ring is 1. The summed E-state index contributed by atoms with van der Waals surface area (Å²) < 4.78 is 0. The lowest BCUT2D eigenvalue weighted by molar-refractivity contribution is 0.0968. The Bertz CT molecular complexity index is 432. The van der Waals surface area contributed by atoms with Crippen LogP contribution in [0.5, 0.6) is 0 Å². The Labute approximate surface area is 123 Å². The van der Waals surface area contributed by atoms with Crippen LogP contribution in [0.15, 0.2) is 4.90 Å². The molecule has 0 saturated carbocycles. The maximum Gasteiger partial charge on any atom is 0.263 e. The molecule has 6 heteroatoms. The third-order valence-corrected chi connectivity index (χ3v) is 5.19. The van der Waals surface area contributed by atoms with E-state index in [1.54, 1.807) is 18.8 Å². The van der Waals surface area contributed by atoms with E-state index in [1.165, 1.54) is 11.3 Å². The van der Waals surface area contributed by atoms with Gasteiger partial charge in [-0.25, -0.2) is 0 Å². The maximum atomic E-state index is 11.8. The number of nitrogens with zero attached hydrogens (tertiary/aromatic N) is 1. The van der Waals surface area contributed by atoms with Crippen LogP contribution in [-0.2, 0) is 0 Å². The van der Waals surface area contributed by atoms with Crippen LogP contribution < -0.4 is 16.0 Å². The number of carbonyl (C=O) groups is 1. The third-order valence-electron chi connectivity index (χ3n) is 2.97. The van der Waals surface area contributed by atoms with Gasteiger partial charge in [0.2, 0.25) is 0 Å². The minimum absolute atomic E-state index is 0.101. The average molecular weight is 301 g/mol. The first-order valence-corrected chi connectivity index (χ1v) is 8.57. The van der Waals surface area contributed by atoms with E-state index in [0.29, 0.717) is 10.6 Å². The van der Waals surface area contributed by atoms with E-state index in [1.807, 2.05) is 6.26 Å². The van der Waals surface area contributed by atoms with Crippen molar-refractivity contribution in [2.24, 2.45) is 0 Å². The van der Waals surface area contributed by atoms with E-state index >= 15 is 0 Å². The number of carbonyl (C=O) groups excluding carboxylic acids is 1. The Hall–Kier alpha value is -0.880. The number of amides is 1. The number of nitrogens with one attached hydrogen (secondary N) is 1. The lowest BCUT2D eigenvalue weighted by Crippen LogP contribution is -2.23. The standard InChI is InChI=1S/C13H23N3OS2/c1-5-7-8-16(6-2)13-11(18-4)9(14)10(19-13)12(17)15-3/h5-8,14H2,1-4H3,(H,15,17). The van der Waals surface area contributed by atoms with Crippen LogP contribution in [0.25, 0.3) is 0 Å². The van der Waals surface area contributed by atoms with Gasteiger partial charge in [0.15, 0.2) is 0 Å². The number of unbranched alkanes of at least 4 members (excludes halogenated alkanes) is 1. The Morgan fingerprint density at radius 1 is 1.47 bits per heavy atom. The minimum Gasteiger partial charge on any atom is -0.396 e. The fraction of sp³-hybridized carbons (Fsp3) is 0.615. The van der Waals surface area contributed by atoms with Crippen LogP contribution in [0.1, 0.15) is 36.4 Å². The first kappa shape index (κ1) is 16.2. The van der Waals surface area contributed by atoms with Gasteiger partial charge >= 0.3 is 0 Å². The molecule has 1 aromatic heterocycles. The number of nitrogens with two attached hydrogens (primary N) is 1. The second-order valence-electron chi connectivity index (χ2n) is 4.20. The van der Waals surface area contributed by atoms with Crippen molar-refractivity contribution in [3.63, 3.8) is 0 Å². The van der Waals surface area contributed by atoms with Gasteiger partial charge in [-0.3, -0.25) is 4.79 Å². The van der Waals surface area contributed by atoms with Crippen molar-refractivity contribution in [1.82, 2.24) is 5.32 Å². The summed E-state index contributed by atoms with van der Waals surface area (Å²) in [4.78, 5) is 15.8. The number of rotatable bonds is 7. The first-order chi connectivity index (χ1) is 9.10. The lowest BCUT2D eigenvalue weighted by atomic mass is 10.3. The Kier molecular flexibility index (Phi) is 6.51. The van der Waals surface area contributed by atoms with Gasteiger partial charge < -0.3 is 16.0 Å². The number of hydrogen-bond donors (Lipinski definition) is 2. The second kappa shape index (κ2) is 7.65. The highest BCUT2D eigenvalue weighted by Gasteiger charge is 2.22. The molecule has 1 aromatic rings. The van der Waals surface area contributed by atoms with Crippen LogP contribution in [0.4, 0.5) is 10.7 Å². The largest absolute Gasteiger partial charge is 0.396 e. The molecule has 108 valence electrons. The van der Waals surface area contributed by atoms with Gasteiger partial charge in [-0.15, -0.1) is 23.1 Å². The van der Waals surface area contributed by atoms with Crippen molar-refractivity contribution in [1.29, 1.82) is 0 Å². The zero-order valence-electron chi connectivity index (χ0n) is 12.1. The van der Waals surface area contributed by atoms with E-state index in [-0.39, 0.29) is 5.91 Å². The van der Waals surface area contributed by atoms with Crippen molar-refractivity contribution in [3.05, 3.63) is 4.88 Å². The highest BCUT2D eigenvalue weighted by molar-refractivity contribution is 7.99. The van der Waals surface area contributed by atoms with Crippen molar-refractivity contribution < 1.29 is 4.79 Å². The third kappa shape index (κ3) is 3.57. The predicted molar refractivity (Wildman–Crippen MR) is 86.7 cm³/mol. The van der Waals surface area contributed by atoms with Crippen LogP contribution in [-0.4, -0.2) is 32.3 Å². The molecule has 0 aliphatic carbocycles. The Morgan fingerprint density at radius 3 is 2.63 bits per heavy atom. The van der Waals surface area contributed by atoms with Gasteiger partial charge in [-0.05, 0) is 19.6 Å². The molecule has 0 fully saturated rings. The van der Waals surface area contributed by atoms with E-state index in [0.717, 1.165) is 35.8 Å². The number of thiophene rings is 1. The van der Waals surface area contributed by atoms with E-state index in [9.17, 15) is 4.79 Å². The molecule has 0 aromatic carbocycles. The Morgan fingerprint density at radius 2 is 2.16 bits per heavy atom. The number of anilines is 2. The Balaban J connectivity index is 3.14. The first-order valence-electron chi connectivity index (χ1n) is 6.53. The fourth-order valence-electron chi connectivity index (χ4n) is 1.86. The van der Waals surface area contributed by atoms with Gasteiger partial charge in [-0.1, -0.05) is 13.3 Å². The SMILES string of the molecule is CCCCN(CC)c1sc(C(=O)NC)c(N)c1SC. The summed E-state index contributed by atoms with van der Waals surface area (Å²) in [5.74, 6) is -0.101. The van der Waals surface area contributed by atoms with E-state index in [2.05, 4.69) is 24.1 Å². The molecule has 0 atom stereocenters. The van der Waals surface area contributed by atoms with Crippen molar-refractivity contribution in [2.45, 2.75) is 31.6 Å². The molecular formula is C13H23N3OS2. The predicted octanol–water partition coefficient (Wildman–Crippen LogP) is 3.04. The van der Waals surface area contributed by atoms with E-state index < -0.39 is 0 Å². The minimum atomic E-state index is -0.101. The van der Waals surface area contributed by atoms with Gasteiger partial charge in [0.1, 0.15) is 9.88 Å². The summed E-state index contributed by atoms with van der Waals surface area (Å²) in [6.45, 7) is 6.26. The van der Waals surface area contributed by atoms with Gasteiger partial charge in [0.05, 0.1) is 10.6 Å². The highest BCUT2D eigenvalue weighted by atomic mass is 32.2. The summed E-state index contributed by atoms with van der Waals surface area (Å²) in [5, 5.41) is 3.78. The molecule has 0 saturated heterocycles. The second-order valence-corrected chi connectivity index (χ2v) is 6.01. The molecule has 3 N–H and O–H groups in total. The molecule has 1 heterocycles. The molecule has 0 aliphatic heterocycles. The summed E-state index contributed by atoms with van der Waals surface area (Å²) in [6.07, 6.45) is 4.31. The van der Waals surface area contributed by atoms with Crippen molar-refractivity contribution in [2.75, 3.05) is 37.0 Å². The molecule has 1 rings (SSSR count). The molecule has 19 heavy (non-hydrogen) atoms. The molecule has 0 aliphatic rings. The summed E-state index contributed by atoms with van der Waals surface area (Å²) in [7, 11) is 1.63. The zero-order chi connectivity index (χ0) is 14.4. The smallest absolute Gasteiger partial charge is 0.263 e. The average Bonchev–Trinajstić information content (AvgIpc) is 2.76.